The van der Waals surface area contributed by atoms with Gasteiger partial charge < -0.3 is 4.90 Å². The number of piperidine rings is 1. The van der Waals surface area contributed by atoms with E-state index >= 15 is 0 Å². The zero-order chi connectivity index (χ0) is 16.5. The van der Waals surface area contributed by atoms with Crippen molar-refractivity contribution in [3.63, 3.8) is 0 Å². The van der Waals surface area contributed by atoms with Gasteiger partial charge in [-0.3, -0.25) is 9.78 Å². The van der Waals surface area contributed by atoms with Crippen LogP contribution in [0.5, 0.6) is 0 Å². The molecule has 0 atom stereocenters. The Kier molecular flexibility index (Phi) is 4.07. The number of fused-ring (bicyclic) bond motifs is 1. The number of ketones is 1. The summed E-state index contributed by atoms with van der Waals surface area (Å²) in [5, 5.41) is 3.19. The molecule has 4 heteroatoms. The third-order valence-corrected chi connectivity index (χ3v) is 5.80. The number of pyridine rings is 1. The lowest BCUT2D eigenvalue weighted by atomic mass is 9.91. The number of carbonyl (C=O) groups excluding carboxylic acids is 1. The second kappa shape index (κ2) is 6.36. The second-order valence-corrected chi connectivity index (χ2v) is 7.35. The highest BCUT2D eigenvalue weighted by Crippen LogP contribution is 2.31. The largest absolute Gasteiger partial charge is 0.371 e. The van der Waals surface area contributed by atoms with Gasteiger partial charge in [0.25, 0.3) is 0 Å². The lowest BCUT2D eigenvalue weighted by molar-refractivity contribution is 0.0905. The Labute approximate surface area is 146 Å². The summed E-state index contributed by atoms with van der Waals surface area (Å²) in [6.45, 7) is 3.95. The minimum Gasteiger partial charge on any atom is -0.371 e. The van der Waals surface area contributed by atoms with E-state index in [1.54, 1.807) is 11.3 Å². The van der Waals surface area contributed by atoms with Gasteiger partial charge in [-0.1, -0.05) is 24.3 Å². The molecule has 0 saturated carbocycles. The average molecular weight is 336 g/mol. The molecule has 1 aliphatic rings. The van der Waals surface area contributed by atoms with Crippen molar-refractivity contribution < 1.29 is 4.79 Å². The van der Waals surface area contributed by atoms with Crippen molar-refractivity contribution in [3.05, 3.63) is 58.4 Å². The number of Topliss-reactive ketones (excluding diaryl/α,β-unsaturated/α-hetero) is 1. The molecule has 2 aromatic heterocycles. The topological polar surface area (TPSA) is 33.2 Å². The standard InChI is InChI=1S/C20H20N2OS/c1-14-4-2-5-16-17(7-10-21-19(14)16)22-11-8-15(9-12-22)20(23)18-6-3-13-24-18/h2-7,10,13,15H,8-9,11-12H2,1H3. The molecule has 4 rings (SSSR count). The van der Waals surface area contributed by atoms with Crippen LogP contribution in [0.2, 0.25) is 0 Å². The predicted octanol–water partition coefficient (Wildman–Crippen LogP) is 4.70. The number of thiophene rings is 1. The number of rotatable bonds is 3. The lowest BCUT2D eigenvalue weighted by Gasteiger charge is -2.33. The van der Waals surface area contributed by atoms with Gasteiger partial charge in [-0.05, 0) is 42.8 Å². The summed E-state index contributed by atoms with van der Waals surface area (Å²) in [7, 11) is 0. The Bertz CT molecular complexity index is 864. The predicted molar refractivity (Wildman–Crippen MR) is 100 cm³/mol. The zero-order valence-corrected chi connectivity index (χ0v) is 14.6. The van der Waals surface area contributed by atoms with Crippen molar-refractivity contribution in [2.24, 2.45) is 5.92 Å². The van der Waals surface area contributed by atoms with E-state index in [1.165, 1.54) is 16.6 Å². The molecule has 0 spiro atoms. The van der Waals surface area contributed by atoms with Crippen molar-refractivity contribution >= 4 is 33.7 Å². The Morgan fingerprint density at radius 3 is 2.75 bits per heavy atom. The maximum Gasteiger partial charge on any atom is 0.175 e. The molecule has 1 aromatic carbocycles. The SMILES string of the molecule is Cc1cccc2c(N3CCC(C(=O)c4cccs4)CC3)ccnc12. The summed E-state index contributed by atoms with van der Waals surface area (Å²) in [6.07, 6.45) is 3.74. The van der Waals surface area contributed by atoms with Crippen LogP contribution in [0.25, 0.3) is 10.9 Å². The minimum atomic E-state index is 0.162. The lowest BCUT2D eigenvalue weighted by Crippen LogP contribution is -2.36. The molecular weight excluding hydrogens is 316 g/mol. The molecule has 3 nitrogen and oxygen atoms in total. The zero-order valence-electron chi connectivity index (χ0n) is 13.7. The maximum absolute atomic E-state index is 12.5. The van der Waals surface area contributed by atoms with Crippen LogP contribution in [0.4, 0.5) is 5.69 Å². The molecule has 0 radical (unpaired) electrons. The number of aromatic nitrogens is 1. The van der Waals surface area contributed by atoms with Crippen LogP contribution in [0.15, 0.2) is 48.0 Å². The first-order chi connectivity index (χ1) is 11.7. The molecule has 3 heterocycles. The van der Waals surface area contributed by atoms with Crippen molar-refractivity contribution in [2.45, 2.75) is 19.8 Å². The summed E-state index contributed by atoms with van der Waals surface area (Å²) < 4.78 is 0. The van der Waals surface area contributed by atoms with E-state index in [-0.39, 0.29) is 5.92 Å². The Morgan fingerprint density at radius 1 is 1.17 bits per heavy atom. The molecule has 0 bridgehead atoms. The fourth-order valence-corrected chi connectivity index (χ4v) is 4.33. The molecular formula is C20H20N2OS. The van der Waals surface area contributed by atoms with E-state index in [4.69, 9.17) is 0 Å². The van der Waals surface area contributed by atoms with Crippen LogP contribution >= 0.6 is 11.3 Å². The van der Waals surface area contributed by atoms with Gasteiger partial charge in [0.15, 0.2) is 5.78 Å². The molecule has 0 unspecified atom stereocenters. The number of hydrogen-bond donors (Lipinski definition) is 0. The van der Waals surface area contributed by atoms with Gasteiger partial charge in [-0.25, -0.2) is 0 Å². The summed E-state index contributed by atoms with van der Waals surface area (Å²) in [6, 6.07) is 12.3. The normalized spacial score (nSPS) is 15.8. The summed E-state index contributed by atoms with van der Waals surface area (Å²) >= 11 is 1.55. The highest BCUT2D eigenvalue weighted by molar-refractivity contribution is 7.12. The molecule has 24 heavy (non-hydrogen) atoms. The third-order valence-electron chi connectivity index (χ3n) is 4.92. The Morgan fingerprint density at radius 2 is 2.00 bits per heavy atom. The number of nitrogens with zero attached hydrogens (tertiary/aromatic N) is 2. The number of anilines is 1. The average Bonchev–Trinajstić information content (AvgIpc) is 3.16. The first-order valence-electron chi connectivity index (χ1n) is 8.41. The van der Waals surface area contributed by atoms with E-state index < -0.39 is 0 Å². The quantitative estimate of drug-likeness (QED) is 0.650. The van der Waals surface area contributed by atoms with Crippen LogP contribution in [0.3, 0.4) is 0 Å². The van der Waals surface area contributed by atoms with Crippen molar-refractivity contribution in [1.82, 2.24) is 4.98 Å². The fraction of sp³-hybridized carbons (Fsp3) is 0.300. The molecule has 1 saturated heterocycles. The summed E-state index contributed by atoms with van der Waals surface area (Å²) in [4.78, 5) is 20.4. The van der Waals surface area contributed by atoms with E-state index in [0.717, 1.165) is 36.3 Å². The monoisotopic (exact) mass is 336 g/mol. The van der Waals surface area contributed by atoms with E-state index in [0.29, 0.717) is 5.78 Å². The van der Waals surface area contributed by atoms with Crippen molar-refractivity contribution in [2.75, 3.05) is 18.0 Å². The molecule has 0 amide bonds. The first kappa shape index (κ1) is 15.3. The van der Waals surface area contributed by atoms with Crippen molar-refractivity contribution in [3.8, 4) is 0 Å². The van der Waals surface area contributed by atoms with E-state index in [2.05, 4.69) is 41.1 Å². The van der Waals surface area contributed by atoms with Gasteiger partial charge in [0.2, 0.25) is 0 Å². The molecule has 1 aliphatic heterocycles. The number of aryl methyl sites for hydroxylation is 1. The molecule has 3 aromatic rings. The minimum absolute atomic E-state index is 0.162. The number of para-hydroxylation sites is 1. The Hall–Kier alpha value is -2.20. The number of hydrogen-bond acceptors (Lipinski definition) is 4. The van der Waals surface area contributed by atoms with Gasteiger partial charge in [0.05, 0.1) is 10.4 Å². The van der Waals surface area contributed by atoms with E-state index in [1.807, 2.05) is 23.7 Å². The van der Waals surface area contributed by atoms with Gasteiger partial charge >= 0.3 is 0 Å². The van der Waals surface area contributed by atoms with Gasteiger partial charge in [-0.2, -0.15) is 0 Å². The van der Waals surface area contributed by atoms with Crippen LogP contribution in [-0.4, -0.2) is 23.9 Å². The van der Waals surface area contributed by atoms with Gasteiger partial charge in [-0.15, -0.1) is 11.3 Å². The van der Waals surface area contributed by atoms with Crippen LogP contribution in [0.1, 0.15) is 28.1 Å². The Balaban J connectivity index is 1.54. The van der Waals surface area contributed by atoms with Gasteiger partial charge in [0, 0.05) is 36.3 Å². The van der Waals surface area contributed by atoms with E-state index in [9.17, 15) is 4.79 Å². The number of carbonyl (C=O) groups is 1. The fourth-order valence-electron chi connectivity index (χ4n) is 3.59. The van der Waals surface area contributed by atoms with Crippen LogP contribution in [0, 0.1) is 12.8 Å². The molecule has 0 N–H and O–H groups in total. The second-order valence-electron chi connectivity index (χ2n) is 6.40. The van der Waals surface area contributed by atoms with Crippen molar-refractivity contribution in [1.29, 1.82) is 0 Å². The van der Waals surface area contributed by atoms with Gasteiger partial charge in [0.1, 0.15) is 0 Å². The molecule has 1 fully saturated rings. The van der Waals surface area contributed by atoms with Crippen LogP contribution < -0.4 is 4.90 Å². The maximum atomic E-state index is 12.5. The summed E-state index contributed by atoms with van der Waals surface area (Å²) in [5.74, 6) is 0.481. The summed E-state index contributed by atoms with van der Waals surface area (Å²) in [5.41, 5.74) is 3.52. The highest BCUT2D eigenvalue weighted by Gasteiger charge is 2.27. The number of benzene rings is 1. The smallest absolute Gasteiger partial charge is 0.175 e. The molecule has 122 valence electrons. The third kappa shape index (κ3) is 2.71. The molecule has 0 aliphatic carbocycles. The first-order valence-corrected chi connectivity index (χ1v) is 9.29. The van der Waals surface area contributed by atoms with Crippen LogP contribution in [-0.2, 0) is 0 Å². The highest BCUT2D eigenvalue weighted by atomic mass is 32.1.